The van der Waals surface area contributed by atoms with Crippen LogP contribution in [0.1, 0.15) is 44.6 Å². The summed E-state index contributed by atoms with van der Waals surface area (Å²) in [5.41, 5.74) is 0.801. The zero-order valence-corrected chi connectivity index (χ0v) is 18.4. The monoisotopic (exact) mass is 421 g/mol. The van der Waals surface area contributed by atoms with Crippen molar-refractivity contribution in [2.75, 3.05) is 39.3 Å². The summed E-state index contributed by atoms with van der Waals surface area (Å²) in [5, 5.41) is 3.06. The highest BCUT2D eigenvalue weighted by atomic mass is 32.2. The molecule has 29 heavy (non-hydrogen) atoms. The first kappa shape index (κ1) is 22.2. The maximum absolute atomic E-state index is 12.6. The number of hydrogen-bond donors (Lipinski definition) is 1. The van der Waals surface area contributed by atoms with Crippen molar-refractivity contribution in [1.29, 1.82) is 0 Å². The predicted molar refractivity (Wildman–Crippen MR) is 116 cm³/mol. The molecule has 0 atom stereocenters. The van der Waals surface area contributed by atoms with Crippen molar-refractivity contribution < 1.29 is 13.2 Å². The minimum absolute atomic E-state index is 0.0278. The fraction of sp³-hybridized carbons (Fsp3) is 0.682. The number of carbonyl (C=O) groups is 1. The minimum atomic E-state index is -3.33. The number of rotatable bonds is 8. The molecule has 1 aromatic rings. The number of hydrogen-bond acceptors (Lipinski definition) is 4. The van der Waals surface area contributed by atoms with Crippen molar-refractivity contribution in [1.82, 2.24) is 14.5 Å². The van der Waals surface area contributed by atoms with Gasteiger partial charge in [0.1, 0.15) is 0 Å². The fourth-order valence-corrected chi connectivity index (χ4v) is 5.78. The Hall–Kier alpha value is -1.44. The molecule has 2 aliphatic rings. The van der Waals surface area contributed by atoms with E-state index in [-0.39, 0.29) is 17.6 Å². The molecular weight excluding hydrogens is 386 g/mol. The molecule has 0 aromatic heterocycles. The predicted octanol–water partition coefficient (Wildman–Crippen LogP) is 2.47. The van der Waals surface area contributed by atoms with Gasteiger partial charge in [0.2, 0.25) is 15.9 Å². The van der Waals surface area contributed by atoms with Gasteiger partial charge in [-0.1, -0.05) is 37.3 Å². The van der Waals surface area contributed by atoms with Crippen LogP contribution in [0, 0.1) is 11.8 Å². The number of benzene rings is 1. The Morgan fingerprint density at radius 3 is 2.34 bits per heavy atom. The summed E-state index contributed by atoms with van der Waals surface area (Å²) >= 11 is 0. The van der Waals surface area contributed by atoms with Crippen molar-refractivity contribution in [3.63, 3.8) is 0 Å². The van der Waals surface area contributed by atoms with Crippen LogP contribution in [-0.2, 0) is 20.6 Å². The van der Waals surface area contributed by atoms with Gasteiger partial charge in [0.05, 0.1) is 5.75 Å². The lowest BCUT2D eigenvalue weighted by Crippen LogP contribution is -2.43. The molecule has 2 fully saturated rings. The van der Waals surface area contributed by atoms with Crippen LogP contribution in [0.2, 0.25) is 0 Å². The Morgan fingerprint density at radius 2 is 1.69 bits per heavy atom. The molecule has 162 valence electrons. The second-order valence-corrected chi connectivity index (χ2v) is 10.6. The summed E-state index contributed by atoms with van der Waals surface area (Å²) in [7, 11) is -3.33. The Labute approximate surface area is 175 Å². The number of amides is 1. The summed E-state index contributed by atoms with van der Waals surface area (Å²) in [6, 6.07) is 9.26. The second-order valence-electron chi connectivity index (χ2n) is 8.58. The van der Waals surface area contributed by atoms with E-state index in [4.69, 9.17) is 0 Å². The van der Waals surface area contributed by atoms with Crippen LogP contribution >= 0.6 is 0 Å². The lowest BCUT2D eigenvalue weighted by molar-refractivity contribution is -0.126. The van der Waals surface area contributed by atoms with E-state index in [2.05, 4.69) is 17.1 Å². The highest BCUT2D eigenvalue weighted by molar-refractivity contribution is 7.88. The van der Waals surface area contributed by atoms with Crippen molar-refractivity contribution in [3.05, 3.63) is 35.9 Å². The highest BCUT2D eigenvalue weighted by Gasteiger charge is 2.31. The zero-order valence-electron chi connectivity index (χ0n) is 17.6. The third kappa shape index (κ3) is 6.79. The van der Waals surface area contributed by atoms with E-state index in [9.17, 15) is 13.2 Å². The Morgan fingerprint density at radius 1 is 1.03 bits per heavy atom. The van der Waals surface area contributed by atoms with Crippen LogP contribution < -0.4 is 5.32 Å². The van der Waals surface area contributed by atoms with Gasteiger partial charge in [-0.15, -0.1) is 0 Å². The summed E-state index contributed by atoms with van der Waals surface area (Å²) in [5.74, 6) is 0.875. The van der Waals surface area contributed by atoms with Crippen LogP contribution in [0.3, 0.4) is 0 Å². The van der Waals surface area contributed by atoms with E-state index in [0.717, 1.165) is 24.4 Å². The zero-order chi connectivity index (χ0) is 20.7. The molecule has 0 spiro atoms. The van der Waals surface area contributed by atoms with E-state index < -0.39 is 10.0 Å². The molecule has 2 aliphatic heterocycles. The molecule has 7 heteroatoms. The molecule has 1 N–H and O–H groups in total. The highest BCUT2D eigenvalue weighted by Crippen LogP contribution is 2.22. The first-order valence-corrected chi connectivity index (χ1v) is 12.6. The smallest absolute Gasteiger partial charge is 0.223 e. The molecule has 0 radical (unpaired) electrons. The second kappa shape index (κ2) is 10.5. The molecule has 1 aromatic carbocycles. The number of nitrogens with zero attached hydrogens (tertiary/aromatic N) is 2. The van der Waals surface area contributed by atoms with Gasteiger partial charge in [-0.3, -0.25) is 4.79 Å². The average molecular weight is 422 g/mol. The Kier molecular flexibility index (Phi) is 8.09. The number of piperidine rings is 2. The van der Waals surface area contributed by atoms with E-state index in [1.807, 2.05) is 30.3 Å². The van der Waals surface area contributed by atoms with Crippen molar-refractivity contribution in [2.24, 2.45) is 11.8 Å². The van der Waals surface area contributed by atoms with Crippen LogP contribution in [0.25, 0.3) is 0 Å². The van der Waals surface area contributed by atoms with Gasteiger partial charge in [0.25, 0.3) is 0 Å². The first-order chi connectivity index (χ1) is 13.9. The van der Waals surface area contributed by atoms with Gasteiger partial charge in [-0.05, 0) is 63.2 Å². The summed E-state index contributed by atoms with van der Waals surface area (Å²) < 4.78 is 26.8. The number of carbonyl (C=O) groups excluding carboxylic acids is 1. The molecular formula is C22H35N3O3S. The summed E-state index contributed by atoms with van der Waals surface area (Å²) in [6.45, 7) is 7.27. The third-order valence-corrected chi connectivity index (χ3v) is 8.09. The number of nitrogens with one attached hydrogen (secondary N) is 1. The maximum atomic E-state index is 12.6. The SMILES string of the molecule is CC1CCN(CCCNC(=O)C2CCN(S(=O)(=O)Cc3ccccc3)CC2)CC1. The number of likely N-dealkylation sites (tertiary alicyclic amines) is 1. The summed E-state index contributed by atoms with van der Waals surface area (Å²) in [4.78, 5) is 14.9. The van der Waals surface area contributed by atoms with Crippen molar-refractivity contribution >= 4 is 15.9 Å². The lowest BCUT2D eigenvalue weighted by Gasteiger charge is -2.31. The molecule has 2 heterocycles. The minimum Gasteiger partial charge on any atom is -0.356 e. The third-order valence-electron chi connectivity index (χ3n) is 6.24. The Bertz CT molecular complexity index is 738. The average Bonchev–Trinajstić information content (AvgIpc) is 2.73. The van der Waals surface area contributed by atoms with E-state index in [1.54, 1.807) is 4.31 Å². The number of sulfonamides is 1. The largest absolute Gasteiger partial charge is 0.356 e. The van der Waals surface area contributed by atoms with Crippen molar-refractivity contribution in [3.8, 4) is 0 Å². The molecule has 3 rings (SSSR count). The van der Waals surface area contributed by atoms with Crippen LogP contribution in [0.5, 0.6) is 0 Å². The molecule has 2 saturated heterocycles. The molecule has 0 bridgehead atoms. The fourth-order valence-electron chi connectivity index (χ4n) is 4.22. The first-order valence-electron chi connectivity index (χ1n) is 11.0. The molecule has 6 nitrogen and oxygen atoms in total. The van der Waals surface area contributed by atoms with E-state index in [1.165, 1.54) is 25.9 Å². The Balaban J connectivity index is 1.35. The molecule has 0 saturated carbocycles. The van der Waals surface area contributed by atoms with E-state index in [0.29, 0.717) is 32.5 Å². The van der Waals surface area contributed by atoms with Gasteiger partial charge < -0.3 is 10.2 Å². The molecule has 0 unspecified atom stereocenters. The molecule has 0 aliphatic carbocycles. The quantitative estimate of drug-likeness (QED) is 0.655. The van der Waals surface area contributed by atoms with Gasteiger partial charge >= 0.3 is 0 Å². The van der Waals surface area contributed by atoms with Crippen molar-refractivity contribution in [2.45, 2.75) is 44.8 Å². The maximum Gasteiger partial charge on any atom is 0.223 e. The van der Waals surface area contributed by atoms with Gasteiger partial charge in [-0.2, -0.15) is 0 Å². The lowest BCUT2D eigenvalue weighted by atomic mass is 9.97. The van der Waals surface area contributed by atoms with Crippen LogP contribution in [0.4, 0.5) is 0 Å². The molecule has 1 amide bonds. The van der Waals surface area contributed by atoms with Gasteiger partial charge in [-0.25, -0.2) is 12.7 Å². The van der Waals surface area contributed by atoms with Gasteiger partial charge in [0, 0.05) is 25.6 Å². The topological polar surface area (TPSA) is 69.7 Å². The van der Waals surface area contributed by atoms with Crippen LogP contribution in [0.15, 0.2) is 30.3 Å². The summed E-state index contributed by atoms with van der Waals surface area (Å²) in [6.07, 6.45) is 4.73. The van der Waals surface area contributed by atoms with Gasteiger partial charge in [0.15, 0.2) is 0 Å². The standard InChI is InChI=1S/C22H35N3O3S/c1-19-8-14-24(15-9-19)13-5-12-23-22(26)21-10-16-25(17-11-21)29(27,28)18-20-6-3-2-4-7-20/h2-4,6-7,19,21H,5,8-18H2,1H3,(H,23,26). The normalized spacial score (nSPS) is 20.6. The van der Waals surface area contributed by atoms with E-state index >= 15 is 0 Å². The van der Waals surface area contributed by atoms with Crippen LogP contribution in [-0.4, -0.2) is 62.8 Å².